The Hall–Kier alpha value is -1.84. The first kappa shape index (κ1) is 14.2. The molecule has 1 aromatic rings. The van der Waals surface area contributed by atoms with E-state index in [0.29, 0.717) is 25.1 Å². The molecule has 0 aliphatic heterocycles. The van der Waals surface area contributed by atoms with Crippen molar-refractivity contribution in [1.29, 1.82) is 0 Å². The van der Waals surface area contributed by atoms with Gasteiger partial charge in [0.25, 0.3) is 5.91 Å². The Labute approximate surface area is 108 Å². The molecule has 0 saturated heterocycles. The second-order valence-electron chi connectivity index (χ2n) is 4.08. The topological polar surface area (TPSA) is 58.2 Å². The van der Waals surface area contributed by atoms with Crippen LogP contribution in [0.15, 0.2) is 30.3 Å². The highest BCUT2D eigenvalue weighted by atomic mass is 16.2. The third-order valence-corrected chi connectivity index (χ3v) is 2.53. The highest BCUT2D eigenvalue weighted by Crippen LogP contribution is 1.97. The van der Waals surface area contributed by atoms with Crippen molar-refractivity contribution < 1.29 is 9.59 Å². The van der Waals surface area contributed by atoms with Crippen molar-refractivity contribution in [3.05, 3.63) is 35.9 Å². The van der Waals surface area contributed by atoms with Crippen LogP contribution in [0, 0.1) is 0 Å². The van der Waals surface area contributed by atoms with Crippen LogP contribution in [0.25, 0.3) is 0 Å². The molecule has 0 atom stereocenters. The maximum absolute atomic E-state index is 11.6. The quantitative estimate of drug-likeness (QED) is 0.722. The fourth-order valence-electron chi connectivity index (χ4n) is 1.50. The fourth-order valence-corrected chi connectivity index (χ4v) is 1.50. The molecule has 0 spiro atoms. The van der Waals surface area contributed by atoms with Gasteiger partial charge in [-0.15, -0.1) is 0 Å². The van der Waals surface area contributed by atoms with Crippen molar-refractivity contribution in [2.75, 3.05) is 13.1 Å². The van der Waals surface area contributed by atoms with Gasteiger partial charge in [0.15, 0.2) is 0 Å². The first-order valence-electron chi connectivity index (χ1n) is 6.34. The second kappa shape index (κ2) is 8.28. The number of nitrogens with one attached hydrogen (secondary N) is 2. The highest BCUT2D eigenvalue weighted by Gasteiger charge is 2.03. The van der Waals surface area contributed by atoms with E-state index in [4.69, 9.17) is 0 Å². The van der Waals surface area contributed by atoms with Gasteiger partial charge in [-0.05, 0) is 18.6 Å². The lowest BCUT2D eigenvalue weighted by molar-refractivity contribution is -0.121. The van der Waals surface area contributed by atoms with Crippen molar-refractivity contribution in [3.8, 4) is 0 Å². The van der Waals surface area contributed by atoms with Gasteiger partial charge >= 0.3 is 0 Å². The molecular weight excluding hydrogens is 228 g/mol. The molecule has 0 fully saturated rings. The Morgan fingerprint density at radius 3 is 2.39 bits per heavy atom. The smallest absolute Gasteiger partial charge is 0.251 e. The third kappa shape index (κ3) is 5.48. The van der Waals surface area contributed by atoms with Crippen LogP contribution in [0.2, 0.25) is 0 Å². The van der Waals surface area contributed by atoms with E-state index in [0.717, 1.165) is 12.8 Å². The average Bonchev–Trinajstić information content (AvgIpc) is 2.42. The third-order valence-electron chi connectivity index (χ3n) is 2.53. The molecule has 0 aliphatic rings. The van der Waals surface area contributed by atoms with E-state index >= 15 is 0 Å². The summed E-state index contributed by atoms with van der Waals surface area (Å²) in [6.45, 7) is 2.97. The summed E-state index contributed by atoms with van der Waals surface area (Å²) in [6.07, 6.45) is 2.48. The maximum Gasteiger partial charge on any atom is 0.251 e. The van der Waals surface area contributed by atoms with Gasteiger partial charge in [-0.2, -0.15) is 0 Å². The maximum atomic E-state index is 11.6. The predicted molar refractivity (Wildman–Crippen MR) is 71.3 cm³/mol. The number of unbranched alkanes of at least 4 members (excludes halogenated alkanes) is 1. The van der Waals surface area contributed by atoms with Gasteiger partial charge in [0.05, 0.1) is 0 Å². The molecule has 98 valence electrons. The lowest BCUT2D eigenvalue weighted by Crippen LogP contribution is -2.34. The summed E-state index contributed by atoms with van der Waals surface area (Å²) in [5.41, 5.74) is 0.634. The van der Waals surface area contributed by atoms with Crippen LogP contribution < -0.4 is 10.6 Å². The van der Waals surface area contributed by atoms with Crippen molar-refractivity contribution in [3.63, 3.8) is 0 Å². The molecule has 2 amide bonds. The molecule has 4 heteroatoms. The number of hydrogen-bond donors (Lipinski definition) is 2. The van der Waals surface area contributed by atoms with Crippen LogP contribution in [-0.4, -0.2) is 24.9 Å². The van der Waals surface area contributed by atoms with Crippen molar-refractivity contribution in [1.82, 2.24) is 10.6 Å². The van der Waals surface area contributed by atoms with E-state index in [1.807, 2.05) is 25.1 Å². The minimum Gasteiger partial charge on any atom is -0.354 e. The van der Waals surface area contributed by atoms with Crippen LogP contribution in [0.4, 0.5) is 0 Å². The van der Waals surface area contributed by atoms with Crippen LogP contribution in [0.1, 0.15) is 36.5 Å². The van der Waals surface area contributed by atoms with Gasteiger partial charge in [-0.1, -0.05) is 31.5 Å². The molecule has 0 radical (unpaired) electrons. The van der Waals surface area contributed by atoms with Crippen LogP contribution in [-0.2, 0) is 4.79 Å². The Morgan fingerprint density at radius 1 is 1.06 bits per heavy atom. The van der Waals surface area contributed by atoms with E-state index < -0.39 is 0 Å². The van der Waals surface area contributed by atoms with Gasteiger partial charge in [-0.3, -0.25) is 9.59 Å². The molecule has 2 N–H and O–H groups in total. The first-order valence-corrected chi connectivity index (χ1v) is 6.34. The number of carbonyl (C=O) groups excluding carboxylic acids is 2. The Morgan fingerprint density at radius 2 is 1.72 bits per heavy atom. The van der Waals surface area contributed by atoms with E-state index in [1.54, 1.807) is 12.1 Å². The largest absolute Gasteiger partial charge is 0.354 e. The normalized spacial score (nSPS) is 9.83. The minimum atomic E-state index is -0.113. The number of hydrogen-bond acceptors (Lipinski definition) is 2. The molecule has 1 aromatic carbocycles. The molecule has 1 rings (SSSR count). The summed E-state index contributed by atoms with van der Waals surface area (Å²) in [5, 5.41) is 5.53. The average molecular weight is 248 g/mol. The standard InChI is InChI=1S/C14H20N2O2/c1-2-3-9-13(17)15-10-11-16-14(18)12-7-5-4-6-8-12/h4-8H,2-3,9-11H2,1H3,(H,15,17)(H,16,18). The van der Waals surface area contributed by atoms with Gasteiger partial charge in [0, 0.05) is 25.1 Å². The molecule has 0 aliphatic carbocycles. The lowest BCUT2D eigenvalue weighted by Gasteiger charge is -2.06. The van der Waals surface area contributed by atoms with Crippen LogP contribution in [0.5, 0.6) is 0 Å². The van der Waals surface area contributed by atoms with Crippen molar-refractivity contribution >= 4 is 11.8 Å². The summed E-state index contributed by atoms with van der Waals surface area (Å²) in [6, 6.07) is 9.03. The minimum absolute atomic E-state index is 0.0470. The predicted octanol–water partition coefficient (Wildman–Crippen LogP) is 1.72. The van der Waals surface area contributed by atoms with Gasteiger partial charge in [0.2, 0.25) is 5.91 Å². The summed E-state index contributed by atoms with van der Waals surface area (Å²) in [5.74, 6) is -0.0655. The fraction of sp³-hybridized carbons (Fsp3) is 0.429. The summed E-state index contributed by atoms with van der Waals surface area (Å²) < 4.78 is 0. The number of rotatable bonds is 7. The molecule has 0 bridgehead atoms. The van der Waals surface area contributed by atoms with E-state index in [1.165, 1.54) is 0 Å². The second-order valence-corrected chi connectivity index (χ2v) is 4.08. The molecule has 0 saturated carbocycles. The van der Waals surface area contributed by atoms with Gasteiger partial charge < -0.3 is 10.6 Å². The van der Waals surface area contributed by atoms with Crippen LogP contribution in [0.3, 0.4) is 0 Å². The van der Waals surface area contributed by atoms with E-state index in [2.05, 4.69) is 10.6 Å². The highest BCUT2D eigenvalue weighted by molar-refractivity contribution is 5.94. The van der Waals surface area contributed by atoms with E-state index in [-0.39, 0.29) is 11.8 Å². The Bertz CT molecular complexity index is 377. The summed E-state index contributed by atoms with van der Waals surface area (Å²) in [4.78, 5) is 22.9. The van der Waals surface area contributed by atoms with E-state index in [9.17, 15) is 9.59 Å². The zero-order chi connectivity index (χ0) is 13.2. The van der Waals surface area contributed by atoms with Crippen LogP contribution >= 0.6 is 0 Å². The molecule has 0 heterocycles. The molecule has 18 heavy (non-hydrogen) atoms. The molecule has 0 aromatic heterocycles. The molecule has 4 nitrogen and oxygen atoms in total. The lowest BCUT2D eigenvalue weighted by atomic mass is 10.2. The molecular formula is C14H20N2O2. The summed E-state index contributed by atoms with van der Waals surface area (Å²) in [7, 11) is 0. The zero-order valence-electron chi connectivity index (χ0n) is 10.7. The number of amides is 2. The van der Waals surface area contributed by atoms with Gasteiger partial charge in [0.1, 0.15) is 0 Å². The SMILES string of the molecule is CCCCC(=O)NCCNC(=O)c1ccccc1. The zero-order valence-corrected chi connectivity index (χ0v) is 10.7. The molecule has 0 unspecified atom stereocenters. The van der Waals surface area contributed by atoms with Crippen molar-refractivity contribution in [2.45, 2.75) is 26.2 Å². The Kier molecular flexibility index (Phi) is 6.54. The summed E-state index contributed by atoms with van der Waals surface area (Å²) >= 11 is 0. The van der Waals surface area contributed by atoms with Gasteiger partial charge in [-0.25, -0.2) is 0 Å². The van der Waals surface area contributed by atoms with Crippen molar-refractivity contribution in [2.24, 2.45) is 0 Å². The Balaban J connectivity index is 2.15. The monoisotopic (exact) mass is 248 g/mol. The number of carbonyl (C=O) groups is 2. The number of benzene rings is 1. The first-order chi connectivity index (χ1) is 8.74.